The van der Waals surface area contributed by atoms with E-state index >= 15 is 0 Å². The van der Waals surface area contributed by atoms with Crippen LogP contribution in [0.25, 0.3) is 22.2 Å². The Labute approximate surface area is 167 Å². The van der Waals surface area contributed by atoms with Crippen LogP contribution in [0.2, 0.25) is 0 Å². The van der Waals surface area contributed by atoms with E-state index in [1.54, 1.807) is 0 Å². The zero-order chi connectivity index (χ0) is 21.0. The predicted molar refractivity (Wildman–Crippen MR) is 108 cm³/mol. The minimum Gasteiger partial charge on any atom is -0.370 e. The van der Waals surface area contributed by atoms with Crippen LogP contribution in [-0.2, 0) is 16.0 Å². The molecule has 1 fully saturated rings. The maximum atomic E-state index is 14.1. The Morgan fingerprint density at radius 2 is 1.90 bits per heavy atom. The number of fused-ring (bicyclic) bond motifs is 1. The molecule has 2 heterocycles. The summed E-state index contributed by atoms with van der Waals surface area (Å²) >= 11 is 0. The lowest BCUT2D eigenvalue weighted by molar-refractivity contribution is -0.119. The molecular formula is C22H23F2N3O2. The van der Waals surface area contributed by atoms with E-state index in [1.165, 1.54) is 6.07 Å². The molecule has 1 aliphatic rings. The molecule has 1 aliphatic heterocycles. The molecule has 0 atom stereocenters. The van der Waals surface area contributed by atoms with Gasteiger partial charge in [0.15, 0.2) is 0 Å². The maximum Gasteiger partial charge on any atom is 0.220 e. The van der Waals surface area contributed by atoms with Crippen LogP contribution in [-0.4, -0.2) is 23.3 Å². The minimum absolute atomic E-state index is 0.115. The number of hydrogen-bond acceptors (Lipinski definition) is 2. The quantitative estimate of drug-likeness (QED) is 0.624. The zero-order valence-corrected chi connectivity index (χ0v) is 16.1. The number of aryl methyl sites for hydroxylation is 2. The van der Waals surface area contributed by atoms with E-state index < -0.39 is 17.5 Å². The highest BCUT2D eigenvalue weighted by atomic mass is 19.1. The number of nitrogens with two attached hydrogens (primary N) is 1. The lowest BCUT2D eigenvalue weighted by atomic mass is 10.0. The molecule has 2 aromatic carbocycles. The molecule has 0 aliphatic carbocycles. The number of benzene rings is 2. The highest BCUT2D eigenvalue weighted by molar-refractivity contribution is 5.92. The summed E-state index contributed by atoms with van der Waals surface area (Å²) in [6.07, 6.45) is 2.20. The van der Waals surface area contributed by atoms with Crippen LogP contribution in [0.1, 0.15) is 30.4 Å². The lowest BCUT2D eigenvalue weighted by Crippen LogP contribution is -2.12. The van der Waals surface area contributed by atoms with Crippen LogP contribution >= 0.6 is 0 Å². The SMILES string of the molecule is Cc1ccc(-c2[nH]c3c(F)cc(F)cc3c2CCC(N)=O)cc1.O=C1CCCN1. The van der Waals surface area contributed by atoms with Crippen molar-refractivity contribution in [2.24, 2.45) is 5.73 Å². The average molecular weight is 399 g/mol. The summed E-state index contributed by atoms with van der Waals surface area (Å²) in [5.74, 6) is -1.55. The summed E-state index contributed by atoms with van der Waals surface area (Å²) in [5.41, 5.74) is 8.79. The van der Waals surface area contributed by atoms with Gasteiger partial charge in [0.2, 0.25) is 11.8 Å². The number of nitrogens with one attached hydrogen (secondary N) is 2. The topological polar surface area (TPSA) is 88.0 Å². The molecule has 0 unspecified atom stereocenters. The van der Waals surface area contributed by atoms with Crippen LogP contribution in [0.3, 0.4) is 0 Å². The van der Waals surface area contributed by atoms with Crippen molar-refractivity contribution >= 4 is 22.7 Å². The summed E-state index contributed by atoms with van der Waals surface area (Å²) < 4.78 is 27.7. The van der Waals surface area contributed by atoms with Crippen molar-refractivity contribution in [1.82, 2.24) is 10.3 Å². The molecule has 0 spiro atoms. The van der Waals surface area contributed by atoms with Crippen molar-refractivity contribution in [2.75, 3.05) is 6.54 Å². The van der Waals surface area contributed by atoms with Crippen molar-refractivity contribution in [1.29, 1.82) is 0 Å². The molecule has 3 aromatic rings. The van der Waals surface area contributed by atoms with Gasteiger partial charge in [0.1, 0.15) is 11.6 Å². The third-order valence-corrected chi connectivity index (χ3v) is 4.80. The van der Waals surface area contributed by atoms with Gasteiger partial charge in [-0.3, -0.25) is 9.59 Å². The van der Waals surface area contributed by atoms with Crippen molar-refractivity contribution in [3.63, 3.8) is 0 Å². The minimum atomic E-state index is -0.654. The van der Waals surface area contributed by atoms with Crippen molar-refractivity contribution in [3.8, 4) is 11.3 Å². The Morgan fingerprint density at radius 1 is 1.17 bits per heavy atom. The third kappa shape index (κ3) is 4.99. The van der Waals surface area contributed by atoms with Crippen LogP contribution in [0.4, 0.5) is 8.78 Å². The first-order valence-corrected chi connectivity index (χ1v) is 9.47. The third-order valence-electron chi connectivity index (χ3n) is 4.80. The van der Waals surface area contributed by atoms with E-state index in [9.17, 15) is 18.4 Å². The molecule has 5 nitrogen and oxygen atoms in total. The van der Waals surface area contributed by atoms with Crippen LogP contribution in [0.15, 0.2) is 36.4 Å². The van der Waals surface area contributed by atoms with E-state index in [4.69, 9.17) is 5.73 Å². The smallest absolute Gasteiger partial charge is 0.220 e. The van der Waals surface area contributed by atoms with E-state index in [0.717, 1.165) is 36.6 Å². The number of aromatic nitrogens is 1. The summed E-state index contributed by atoms with van der Waals surface area (Å²) in [6.45, 7) is 2.86. The first-order valence-electron chi connectivity index (χ1n) is 9.47. The number of amides is 2. The van der Waals surface area contributed by atoms with Gasteiger partial charge in [0.25, 0.3) is 0 Å². The molecule has 7 heteroatoms. The van der Waals surface area contributed by atoms with Gasteiger partial charge in [-0.2, -0.15) is 0 Å². The molecular weight excluding hydrogens is 376 g/mol. The van der Waals surface area contributed by atoms with Crippen LogP contribution in [0.5, 0.6) is 0 Å². The van der Waals surface area contributed by atoms with E-state index in [0.29, 0.717) is 23.1 Å². The van der Waals surface area contributed by atoms with Gasteiger partial charge in [-0.1, -0.05) is 29.8 Å². The highest BCUT2D eigenvalue weighted by Crippen LogP contribution is 2.33. The Morgan fingerprint density at radius 3 is 2.45 bits per heavy atom. The Balaban J connectivity index is 0.000000343. The fourth-order valence-electron chi connectivity index (χ4n) is 3.31. The number of halogens is 2. The summed E-state index contributed by atoms with van der Waals surface area (Å²) in [5, 5.41) is 3.12. The molecule has 4 rings (SSSR count). The fraction of sp³-hybridized carbons (Fsp3) is 0.273. The summed E-state index contributed by atoms with van der Waals surface area (Å²) in [6, 6.07) is 9.81. The van der Waals surface area contributed by atoms with Gasteiger partial charge in [0.05, 0.1) is 5.52 Å². The summed E-state index contributed by atoms with van der Waals surface area (Å²) in [4.78, 5) is 24.3. The number of carbonyl (C=O) groups is 2. The van der Waals surface area contributed by atoms with E-state index in [1.807, 2.05) is 31.2 Å². The van der Waals surface area contributed by atoms with Crippen molar-refractivity contribution < 1.29 is 18.4 Å². The fourth-order valence-corrected chi connectivity index (χ4v) is 3.31. The number of hydrogen-bond donors (Lipinski definition) is 3. The molecule has 4 N–H and O–H groups in total. The predicted octanol–water partition coefficient (Wildman–Crippen LogP) is 3.74. The van der Waals surface area contributed by atoms with E-state index in [2.05, 4.69) is 10.3 Å². The zero-order valence-electron chi connectivity index (χ0n) is 16.1. The van der Waals surface area contributed by atoms with Crippen molar-refractivity contribution in [3.05, 3.63) is 59.2 Å². The highest BCUT2D eigenvalue weighted by Gasteiger charge is 2.17. The van der Waals surface area contributed by atoms with Crippen molar-refractivity contribution in [2.45, 2.75) is 32.6 Å². The van der Waals surface area contributed by atoms with Gasteiger partial charge in [-0.25, -0.2) is 8.78 Å². The molecule has 2 amide bonds. The molecule has 0 bridgehead atoms. The summed E-state index contributed by atoms with van der Waals surface area (Å²) in [7, 11) is 0. The van der Waals surface area contributed by atoms with Gasteiger partial charge >= 0.3 is 0 Å². The van der Waals surface area contributed by atoms with Gasteiger partial charge in [-0.05, 0) is 37.0 Å². The first kappa shape index (κ1) is 20.5. The number of primary amides is 1. The normalized spacial score (nSPS) is 13.1. The second kappa shape index (κ2) is 8.86. The Hall–Kier alpha value is -3.22. The maximum absolute atomic E-state index is 14.1. The molecule has 1 aromatic heterocycles. The Kier molecular flexibility index (Phi) is 6.26. The number of carbonyl (C=O) groups excluding carboxylic acids is 2. The molecule has 0 saturated carbocycles. The molecule has 29 heavy (non-hydrogen) atoms. The molecule has 152 valence electrons. The second-order valence-electron chi connectivity index (χ2n) is 7.07. The lowest BCUT2D eigenvalue weighted by Gasteiger charge is -2.05. The van der Waals surface area contributed by atoms with E-state index in [-0.39, 0.29) is 17.8 Å². The van der Waals surface area contributed by atoms with Crippen LogP contribution in [0, 0.1) is 18.6 Å². The molecule has 0 radical (unpaired) electrons. The van der Waals surface area contributed by atoms with Gasteiger partial charge in [0, 0.05) is 36.5 Å². The number of aromatic amines is 1. The Bertz CT molecular complexity index is 1030. The number of rotatable bonds is 4. The van der Waals surface area contributed by atoms with Crippen LogP contribution < -0.4 is 11.1 Å². The monoisotopic (exact) mass is 399 g/mol. The largest absolute Gasteiger partial charge is 0.370 e. The van der Waals surface area contributed by atoms with Gasteiger partial charge < -0.3 is 16.0 Å². The second-order valence-corrected chi connectivity index (χ2v) is 7.07. The molecule has 1 saturated heterocycles. The number of H-pyrrole nitrogens is 1. The standard InChI is InChI=1S/C18H16F2N2O.C4H7NO/c1-10-2-4-11(5-3-10)17-13(6-7-16(21)23)14-8-12(19)9-15(20)18(14)22-17;6-4-2-1-3-5-4/h2-5,8-9,22H,6-7H2,1H3,(H2,21,23);1-3H2,(H,5,6). The first-order chi connectivity index (χ1) is 13.8. The van der Waals surface area contributed by atoms with Gasteiger partial charge in [-0.15, -0.1) is 0 Å². The average Bonchev–Trinajstić information content (AvgIpc) is 3.28.